The molecule has 32 heavy (non-hydrogen) atoms. The molecule has 1 aliphatic heterocycles. The summed E-state index contributed by atoms with van der Waals surface area (Å²) in [4.78, 5) is 16.7. The third-order valence-corrected chi connectivity index (χ3v) is 5.02. The Morgan fingerprint density at radius 2 is 2.00 bits per heavy atom. The van der Waals surface area contributed by atoms with Crippen molar-refractivity contribution < 1.29 is 14.3 Å². The number of esters is 1. The van der Waals surface area contributed by atoms with Crippen molar-refractivity contribution >= 4 is 5.97 Å². The molecule has 1 N–H and O–H groups in total. The average Bonchev–Trinajstić information content (AvgIpc) is 3.11. The first-order valence-electron chi connectivity index (χ1n) is 10.5. The molecule has 168 valence electrons. The van der Waals surface area contributed by atoms with E-state index < -0.39 is 11.6 Å². The van der Waals surface area contributed by atoms with Gasteiger partial charge in [-0.3, -0.25) is 0 Å². The normalized spacial score (nSPS) is 13.5. The predicted molar refractivity (Wildman–Crippen MR) is 116 cm³/mol. The number of carbonyl (C=O) groups excluding carboxylic acids is 1. The first-order valence-corrected chi connectivity index (χ1v) is 10.5. The van der Waals surface area contributed by atoms with Crippen LogP contribution in [0.5, 0.6) is 5.88 Å². The van der Waals surface area contributed by atoms with E-state index >= 15 is 0 Å². The SMILES string of the molecule is Cc1cc(-n2nnc(C)c2COc2cc3c(nn2)CNCC3)cnc1C(=O)OC(C)(C)C. The molecule has 4 rings (SSSR count). The van der Waals surface area contributed by atoms with Gasteiger partial charge in [-0.2, -0.15) is 5.10 Å². The third-order valence-electron chi connectivity index (χ3n) is 5.02. The van der Waals surface area contributed by atoms with Crippen molar-refractivity contribution in [3.8, 4) is 11.6 Å². The van der Waals surface area contributed by atoms with E-state index in [9.17, 15) is 4.79 Å². The standard InChI is InChI=1S/C22H27N7O3/c1-13-8-16(10-24-20(13)21(30)32-22(3,4)5)29-18(14(2)25-28-29)12-31-19-9-15-6-7-23-11-17(15)26-27-19/h8-10,23H,6-7,11-12H2,1-5H3. The Morgan fingerprint density at radius 3 is 2.75 bits per heavy atom. The van der Waals surface area contributed by atoms with Crippen LogP contribution >= 0.6 is 0 Å². The van der Waals surface area contributed by atoms with Gasteiger partial charge in [0.1, 0.15) is 17.9 Å². The fraction of sp³-hybridized carbons (Fsp3) is 0.455. The molecule has 0 amide bonds. The Bertz CT molecular complexity index is 1150. The van der Waals surface area contributed by atoms with Crippen molar-refractivity contribution in [1.29, 1.82) is 0 Å². The van der Waals surface area contributed by atoms with E-state index in [0.29, 0.717) is 17.1 Å². The minimum Gasteiger partial charge on any atom is -0.470 e. The molecule has 0 atom stereocenters. The molecule has 0 fully saturated rings. The zero-order valence-electron chi connectivity index (χ0n) is 19.0. The molecule has 0 bridgehead atoms. The Morgan fingerprint density at radius 1 is 1.19 bits per heavy atom. The number of hydrogen-bond donors (Lipinski definition) is 1. The molecule has 0 radical (unpaired) electrons. The minimum absolute atomic E-state index is 0.220. The van der Waals surface area contributed by atoms with Crippen molar-refractivity contribution in [1.82, 2.24) is 35.5 Å². The lowest BCUT2D eigenvalue weighted by Crippen LogP contribution is -2.25. The molecule has 0 spiro atoms. The maximum atomic E-state index is 12.4. The molecule has 3 aromatic rings. The lowest BCUT2D eigenvalue weighted by molar-refractivity contribution is 0.00620. The van der Waals surface area contributed by atoms with Crippen LogP contribution < -0.4 is 10.1 Å². The van der Waals surface area contributed by atoms with E-state index in [4.69, 9.17) is 9.47 Å². The number of aromatic nitrogens is 6. The highest BCUT2D eigenvalue weighted by atomic mass is 16.6. The van der Waals surface area contributed by atoms with Gasteiger partial charge in [0.05, 0.1) is 23.3 Å². The molecular formula is C22H27N7O3. The van der Waals surface area contributed by atoms with Crippen molar-refractivity contribution in [2.24, 2.45) is 0 Å². The highest BCUT2D eigenvalue weighted by Crippen LogP contribution is 2.20. The van der Waals surface area contributed by atoms with Crippen LogP contribution in [0.15, 0.2) is 18.3 Å². The average molecular weight is 438 g/mol. The summed E-state index contributed by atoms with van der Waals surface area (Å²) in [7, 11) is 0. The van der Waals surface area contributed by atoms with Gasteiger partial charge < -0.3 is 14.8 Å². The molecule has 10 heteroatoms. The van der Waals surface area contributed by atoms with E-state index in [0.717, 1.165) is 42.2 Å². The number of carbonyl (C=O) groups is 1. The number of ether oxygens (including phenoxy) is 2. The third kappa shape index (κ3) is 4.75. The summed E-state index contributed by atoms with van der Waals surface area (Å²) in [6, 6.07) is 3.77. The molecule has 0 aliphatic carbocycles. The zero-order valence-corrected chi connectivity index (χ0v) is 19.0. The van der Waals surface area contributed by atoms with E-state index in [1.165, 1.54) is 0 Å². The van der Waals surface area contributed by atoms with Crippen molar-refractivity contribution in [3.05, 3.63) is 52.2 Å². The van der Waals surface area contributed by atoms with Gasteiger partial charge in [0, 0.05) is 12.6 Å². The van der Waals surface area contributed by atoms with Gasteiger partial charge in [0.15, 0.2) is 5.69 Å². The summed E-state index contributed by atoms with van der Waals surface area (Å²) in [5.74, 6) is 0.00782. The van der Waals surface area contributed by atoms with Crippen LogP contribution in [0.4, 0.5) is 0 Å². The van der Waals surface area contributed by atoms with E-state index in [2.05, 4.69) is 30.8 Å². The van der Waals surface area contributed by atoms with Gasteiger partial charge in [-0.15, -0.1) is 10.2 Å². The number of aryl methyl sites for hydroxylation is 2. The van der Waals surface area contributed by atoms with Gasteiger partial charge >= 0.3 is 5.97 Å². The van der Waals surface area contributed by atoms with Gasteiger partial charge in [-0.25, -0.2) is 14.5 Å². The van der Waals surface area contributed by atoms with Crippen LogP contribution in [0, 0.1) is 13.8 Å². The van der Waals surface area contributed by atoms with E-state index in [1.807, 2.05) is 46.8 Å². The predicted octanol–water partition coefficient (Wildman–Crippen LogP) is 2.25. The minimum atomic E-state index is -0.590. The molecule has 1 aliphatic rings. The summed E-state index contributed by atoms with van der Waals surface area (Å²) in [5.41, 5.74) is 4.65. The summed E-state index contributed by atoms with van der Waals surface area (Å²) in [6.45, 7) is 11.0. The van der Waals surface area contributed by atoms with E-state index in [1.54, 1.807) is 10.9 Å². The van der Waals surface area contributed by atoms with Crippen LogP contribution in [0.3, 0.4) is 0 Å². The number of hydrogen-bond acceptors (Lipinski definition) is 9. The van der Waals surface area contributed by atoms with Crippen LogP contribution in [0.25, 0.3) is 5.69 Å². The Hall–Kier alpha value is -3.40. The van der Waals surface area contributed by atoms with Crippen LogP contribution in [-0.2, 0) is 24.3 Å². The zero-order chi connectivity index (χ0) is 22.9. The maximum absolute atomic E-state index is 12.4. The van der Waals surface area contributed by atoms with Crippen molar-refractivity contribution in [2.45, 2.75) is 59.8 Å². The number of fused-ring (bicyclic) bond motifs is 1. The fourth-order valence-electron chi connectivity index (χ4n) is 3.41. The monoisotopic (exact) mass is 437 g/mol. The maximum Gasteiger partial charge on any atom is 0.357 e. The highest BCUT2D eigenvalue weighted by molar-refractivity contribution is 5.89. The first kappa shape index (κ1) is 21.8. The molecule has 10 nitrogen and oxygen atoms in total. The molecule has 0 unspecified atom stereocenters. The molecule has 0 aromatic carbocycles. The molecule has 4 heterocycles. The summed E-state index contributed by atoms with van der Waals surface area (Å²) in [5, 5.41) is 20.1. The number of nitrogens with one attached hydrogen (secondary N) is 1. The number of nitrogens with zero attached hydrogens (tertiary/aromatic N) is 6. The second kappa shape index (κ2) is 8.62. The Labute approximate surface area is 186 Å². The van der Waals surface area contributed by atoms with E-state index in [-0.39, 0.29) is 12.3 Å². The molecule has 0 saturated heterocycles. The van der Waals surface area contributed by atoms with Crippen molar-refractivity contribution in [2.75, 3.05) is 6.54 Å². The van der Waals surface area contributed by atoms with Gasteiger partial charge in [0.2, 0.25) is 5.88 Å². The smallest absolute Gasteiger partial charge is 0.357 e. The quantitative estimate of drug-likeness (QED) is 0.600. The van der Waals surface area contributed by atoms with Gasteiger partial charge in [-0.05, 0) is 64.8 Å². The summed E-state index contributed by atoms with van der Waals surface area (Å²) < 4.78 is 13.0. The van der Waals surface area contributed by atoms with Crippen LogP contribution in [0.2, 0.25) is 0 Å². The second-order valence-corrected chi connectivity index (χ2v) is 8.76. The second-order valence-electron chi connectivity index (χ2n) is 8.76. The fourth-order valence-corrected chi connectivity index (χ4v) is 3.41. The largest absolute Gasteiger partial charge is 0.470 e. The molecule has 0 saturated carbocycles. The van der Waals surface area contributed by atoms with Crippen LogP contribution in [-0.4, -0.2) is 48.3 Å². The lowest BCUT2D eigenvalue weighted by atomic mass is 10.1. The Balaban J connectivity index is 1.54. The molecular weight excluding hydrogens is 410 g/mol. The van der Waals surface area contributed by atoms with Gasteiger partial charge in [-0.1, -0.05) is 5.21 Å². The van der Waals surface area contributed by atoms with Gasteiger partial charge in [0.25, 0.3) is 0 Å². The van der Waals surface area contributed by atoms with Crippen LogP contribution in [0.1, 0.15) is 59.5 Å². The van der Waals surface area contributed by atoms with Crippen molar-refractivity contribution in [3.63, 3.8) is 0 Å². The number of rotatable bonds is 5. The number of pyridine rings is 1. The molecule has 3 aromatic heterocycles. The topological polar surface area (TPSA) is 117 Å². The first-order chi connectivity index (χ1) is 15.2. The summed E-state index contributed by atoms with van der Waals surface area (Å²) >= 11 is 0. The lowest BCUT2D eigenvalue weighted by Gasteiger charge is -2.19. The highest BCUT2D eigenvalue weighted by Gasteiger charge is 2.22. The Kier molecular flexibility index (Phi) is 5.88. The summed E-state index contributed by atoms with van der Waals surface area (Å²) in [6.07, 6.45) is 2.48.